The third kappa shape index (κ3) is 2.97. The topological polar surface area (TPSA) is 99.8 Å². The fourth-order valence-corrected chi connectivity index (χ4v) is 4.81. The van der Waals surface area contributed by atoms with E-state index in [1.54, 1.807) is 20.8 Å². The average molecular weight is 316 g/mol. The highest BCUT2D eigenvalue weighted by Gasteiger charge is 2.45. The van der Waals surface area contributed by atoms with Gasteiger partial charge in [-0.15, -0.1) is 0 Å². The Balaban J connectivity index is 2.34. The van der Waals surface area contributed by atoms with Crippen LogP contribution in [0.5, 0.6) is 0 Å². The molecule has 9 heteroatoms. The van der Waals surface area contributed by atoms with Crippen molar-refractivity contribution in [3.05, 3.63) is 11.3 Å². The molecule has 0 radical (unpaired) electrons. The minimum atomic E-state index is -3.24. The Hall–Kier alpha value is -1.37. The number of amides is 2. The minimum absolute atomic E-state index is 0.241. The predicted octanol–water partition coefficient (Wildman–Crippen LogP) is 0.928. The van der Waals surface area contributed by atoms with Crippen molar-refractivity contribution in [3.8, 4) is 0 Å². The molecule has 1 saturated heterocycles. The van der Waals surface area contributed by atoms with Gasteiger partial charge in [0, 0.05) is 18.8 Å². The highest BCUT2D eigenvalue weighted by Crippen LogP contribution is 2.46. The summed E-state index contributed by atoms with van der Waals surface area (Å²) >= 11 is 0. The van der Waals surface area contributed by atoms with Crippen molar-refractivity contribution in [2.75, 3.05) is 19.7 Å². The van der Waals surface area contributed by atoms with Crippen LogP contribution in [0, 0.1) is 0 Å². The molecule has 2 aliphatic heterocycles. The summed E-state index contributed by atoms with van der Waals surface area (Å²) < 4.78 is 19.1. The first-order chi connectivity index (χ1) is 9.90. The highest BCUT2D eigenvalue weighted by molar-refractivity contribution is 7.58. The third-order valence-corrected chi connectivity index (χ3v) is 5.94. The van der Waals surface area contributed by atoms with E-state index in [0.29, 0.717) is 24.4 Å². The smallest absolute Gasteiger partial charge is 0.337 e. The zero-order valence-corrected chi connectivity index (χ0v) is 13.3. The lowest BCUT2D eigenvalue weighted by molar-refractivity contribution is -0.139. The van der Waals surface area contributed by atoms with Gasteiger partial charge in [-0.2, -0.15) is 0 Å². The van der Waals surface area contributed by atoms with Gasteiger partial charge in [0.15, 0.2) is 0 Å². The van der Waals surface area contributed by atoms with E-state index in [1.807, 2.05) is 0 Å². The van der Waals surface area contributed by atoms with Crippen molar-refractivity contribution in [1.29, 1.82) is 0 Å². The predicted molar refractivity (Wildman–Crippen MR) is 77.4 cm³/mol. The van der Waals surface area contributed by atoms with E-state index >= 15 is 0 Å². The van der Waals surface area contributed by atoms with Gasteiger partial charge in [0.2, 0.25) is 0 Å². The van der Waals surface area contributed by atoms with E-state index in [-0.39, 0.29) is 6.61 Å². The van der Waals surface area contributed by atoms with Crippen LogP contribution in [0.25, 0.3) is 0 Å². The lowest BCUT2D eigenvalue weighted by Gasteiger charge is -2.41. The quantitative estimate of drug-likeness (QED) is 0.529. The molecule has 2 rings (SSSR count). The first-order valence-corrected chi connectivity index (χ1v) is 8.65. The Morgan fingerprint density at radius 2 is 2.05 bits per heavy atom. The molecule has 0 bridgehead atoms. The monoisotopic (exact) mass is 316 g/mol. The summed E-state index contributed by atoms with van der Waals surface area (Å²) in [7, 11) is -3.24. The van der Waals surface area contributed by atoms with Crippen molar-refractivity contribution in [2.24, 2.45) is 0 Å². The Morgan fingerprint density at radius 1 is 1.43 bits per heavy atom. The van der Waals surface area contributed by atoms with Gasteiger partial charge in [0.05, 0.1) is 18.2 Å². The number of urea groups is 1. The summed E-state index contributed by atoms with van der Waals surface area (Å²) in [5, 5.41) is 8.32. The molecular weight excluding hydrogens is 295 g/mol. The normalized spacial score (nSPS) is 25.6. The number of hydrogen-bond donors (Lipinski definition) is 3. The van der Waals surface area contributed by atoms with E-state index in [2.05, 4.69) is 15.5 Å². The number of allylic oxidation sites excluding steroid dienone is 1. The molecule has 2 heterocycles. The maximum atomic E-state index is 12.9. The molecule has 2 aliphatic rings. The molecule has 0 aromatic rings. The summed E-state index contributed by atoms with van der Waals surface area (Å²) in [6, 6.07) is -1.12. The number of esters is 1. The van der Waals surface area contributed by atoms with Crippen LogP contribution in [0.1, 0.15) is 27.2 Å². The van der Waals surface area contributed by atoms with Crippen molar-refractivity contribution < 1.29 is 18.9 Å². The van der Waals surface area contributed by atoms with Crippen molar-refractivity contribution in [3.63, 3.8) is 0 Å². The van der Waals surface area contributed by atoms with E-state index in [4.69, 9.17) is 4.74 Å². The number of carbonyl (C=O) groups excluding carboxylic acids is 2. The largest absolute Gasteiger partial charge is 0.463 e. The minimum Gasteiger partial charge on any atom is -0.463 e. The lowest BCUT2D eigenvalue weighted by Crippen LogP contribution is -2.54. The molecule has 1 fully saturated rings. The van der Waals surface area contributed by atoms with Gasteiger partial charge in [-0.05, 0) is 27.2 Å². The van der Waals surface area contributed by atoms with Crippen LogP contribution >= 0.6 is 7.59 Å². The molecule has 0 aliphatic carbocycles. The van der Waals surface area contributed by atoms with Gasteiger partial charge in [0.1, 0.15) is 0 Å². The van der Waals surface area contributed by atoms with Crippen LogP contribution in [0.3, 0.4) is 0 Å². The highest BCUT2D eigenvalue weighted by atomic mass is 31.2. The summed E-state index contributed by atoms with van der Waals surface area (Å²) in [5.41, 5.74) is 0.756. The molecular formula is C12H21N4O4P. The molecule has 1 atom stereocenters. The fraction of sp³-hybridized carbons (Fsp3) is 0.667. The van der Waals surface area contributed by atoms with E-state index in [1.165, 1.54) is 4.67 Å². The first-order valence-electron chi connectivity index (χ1n) is 6.99. The second kappa shape index (κ2) is 6.17. The van der Waals surface area contributed by atoms with E-state index < -0.39 is 25.6 Å². The summed E-state index contributed by atoms with van der Waals surface area (Å²) in [4.78, 5) is 24.3. The summed E-state index contributed by atoms with van der Waals surface area (Å²) in [6.07, 6.45) is 0.827. The molecule has 0 saturated carbocycles. The first kappa shape index (κ1) is 16.0. The van der Waals surface area contributed by atoms with Crippen molar-refractivity contribution in [1.82, 2.24) is 20.2 Å². The number of nitrogens with one attached hydrogen (secondary N) is 3. The molecule has 0 spiro atoms. The standard InChI is InChI=1S/C12H21N4O4P/c1-4-20-11(17)10-8(2)15-12(18)16(9(10)3)21(19)13-6-5-7-14-21/h9H,4-7H2,1-3H3,(H,15,18)(H2,13,14,19). The Kier molecular flexibility index (Phi) is 4.70. The lowest BCUT2D eigenvalue weighted by atomic mass is 10.1. The van der Waals surface area contributed by atoms with Crippen LogP contribution in [-0.2, 0) is 14.1 Å². The summed E-state index contributed by atoms with van der Waals surface area (Å²) in [6.45, 7) is 6.37. The van der Waals surface area contributed by atoms with Crippen LogP contribution in [0.4, 0.5) is 4.79 Å². The number of carbonyl (C=O) groups is 2. The second-order valence-corrected chi connectivity index (χ2v) is 7.17. The zero-order chi connectivity index (χ0) is 15.6. The number of nitrogens with zero attached hydrogens (tertiary/aromatic N) is 1. The fourth-order valence-electron chi connectivity index (χ4n) is 2.56. The van der Waals surface area contributed by atoms with Crippen LogP contribution in [0.15, 0.2) is 11.3 Å². The molecule has 0 aromatic heterocycles. The SMILES string of the molecule is CCOC(=O)C1=C(C)NC(=O)N(P2(=O)NCCCN2)C1C. The van der Waals surface area contributed by atoms with Gasteiger partial charge in [0.25, 0.3) is 0 Å². The molecule has 1 unspecified atom stereocenters. The maximum absolute atomic E-state index is 12.9. The van der Waals surface area contributed by atoms with Gasteiger partial charge >= 0.3 is 19.6 Å². The van der Waals surface area contributed by atoms with E-state index in [0.717, 1.165) is 6.42 Å². The third-order valence-electron chi connectivity index (χ3n) is 3.50. The number of ether oxygens (including phenoxy) is 1. The van der Waals surface area contributed by atoms with Gasteiger partial charge < -0.3 is 10.1 Å². The average Bonchev–Trinajstić information content (AvgIpc) is 2.38. The number of rotatable bonds is 3. The Bertz CT molecular complexity index is 523. The van der Waals surface area contributed by atoms with E-state index in [9.17, 15) is 14.2 Å². The molecule has 0 aromatic carbocycles. The Morgan fingerprint density at radius 3 is 2.62 bits per heavy atom. The molecule has 8 nitrogen and oxygen atoms in total. The molecule has 3 N–H and O–H groups in total. The maximum Gasteiger partial charge on any atom is 0.337 e. The zero-order valence-electron chi connectivity index (χ0n) is 12.4. The van der Waals surface area contributed by atoms with Crippen molar-refractivity contribution in [2.45, 2.75) is 33.2 Å². The van der Waals surface area contributed by atoms with Crippen LogP contribution in [-0.4, -0.2) is 42.4 Å². The molecule has 2 amide bonds. The second-order valence-electron chi connectivity index (χ2n) is 4.96. The van der Waals surface area contributed by atoms with Gasteiger partial charge in [-0.25, -0.2) is 24.4 Å². The van der Waals surface area contributed by atoms with Gasteiger partial charge in [-0.1, -0.05) is 0 Å². The van der Waals surface area contributed by atoms with Crippen LogP contribution in [0.2, 0.25) is 0 Å². The summed E-state index contributed by atoms with van der Waals surface area (Å²) in [5.74, 6) is -0.504. The molecule has 118 valence electrons. The Labute approximate surface area is 123 Å². The molecule has 21 heavy (non-hydrogen) atoms. The number of hydrogen-bond acceptors (Lipinski definition) is 4. The van der Waals surface area contributed by atoms with Gasteiger partial charge in [-0.3, -0.25) is 4.57 Å². The van der Waals surface area contributed by atoms with Crippen molar-refractivity contribution >= 4 is 19.6 Å². The van der Waals surface area contributed by atoms with Crippen LogP contribution < -0.4 is 15.5 Å².